The summed E-state index contributed by atoms with van der Waals surface area (Å²) in [6, 6.07) is 6.52. The lowest BCUT2D eigenvalue weighted by atomic mass is 9.85. The quantitative estimate of drug-likeness (QED) is 0.906. The summed E-state index contributed by atoms with van der Waals surface area (Å²) in [5, 5.41) is 0. The Labute approximate surface area is 126 Å². The van der Waals surface area contributed by atoms with E-state index in [2.05, 4.69) is 0 Å². The number of nitrogens with two attached hydrogens (primary N) is 1. The topological polar surface area (TPSA) is 46.3 Å². The molecular weight excluding hydrogens is 267 g/mol. The number of hydrogen-bond acceptors (Lipinski definition) is 2. The van der Waals surface area contributed by atoms with E-state index in [0.29, 0.717) is 19.0 Å². The van der Waals surface area contributed by atoms with Gasteiger partial charge in [0.05, 0.1) is 0 Å². The molecule has 1 unspecified atom stereocenters. The van der Waals surface area contributed by atoms with Crippen molar-refractivity contribution >= 4 is 5.91 Å². The molecule has 1 aromatic rings. The monoisotopic (exact) mass is 292 g/mol. The van der Waals surface area contributed by atoms with Crippen molar-refractivity contribution in [1.29, 1.82) is 0 Å². The Balaban J connectivity index is 2.02. The van der Waals surface area contributed by atoms with Crippen LogP contribution in [0.3, 0.4) is 0 Å². The van der Waals surface area contributed by atoms with E-state index in [4.69, 9.17) is 5.73 Å². The maximum atomic E-state index is 13.0. The third kappa shape index (κ3) is 4.53. The maximum Gasteiger partial charge on any atom is 0.224 e. The van der Waals surface area contributed by atoms with Crippen LogP contribution in [-0.2, 0) is 11.3 Å². The van der Waals surface area contributed by atoms with Crippen LogP contribution in [0, 0.1) is 11.2 Å². The molecule has 0 aromatic heterocycles. The van der Waals surface area contributed by atoms with Crippen molar-refractivity contribution in [3.63, 3.8) is 0 Å². The van der Waals surface area contributed by atoms with Crippen LogP contribution in [0.25, 0.3) is 0 Å². The number of nitrogens with zero attached hydrogens (tertiary/aromatic N) is 1. The summed E-state index contributed by atoms with van der Waals surface area (Å²) in [5.41, 5.74) is 7.00. The van der Waals surface area contributed by atoms with Crippen molar-refractivity contribution in [3.05, 3.63) is 35.6 Å². The minimum atomic E-state index is -0.252. The summed E-state index contributed by atoms with van der Waals surface area (Å²) in [6.45, 7) is 6.69. The Morgan fingerprint density at radius 1 is 1.33 bits per heavy atom. The first kappa shape index (κ1) is 16.0. The number of carbonyl (C=O) groups excluding carboxylic acids is 1. The summed E-state index contributed by atoms with van der Waals surface area (Å²) in [5.74, 6) is -0.151. The van der Waals surface area contributed by atoms with Gasteiger partial charge < -0.3 is 10.6 Å². The highest BCUT2D eigenvalue weighted by atomic mass is 19.1. The molecule has 0 saturated heterocycles. The number of halogens is 1. The van der Waals surface area contributed by atoms with Crippen LogP contribution in [0.2, 0.25) is 0 Å². The van der Waals surface area contributed by atoms with Crippen molar-refractivity contribution in [2.45, 2.75) is 58.7 Å². The smallest absolute Gasteiger partial charge is 0.224 e. The van der Waals surface area contributed by atoms with Gasteiger partial charge in [-0.25, -0.2) is 4.39 Å². The van der Waals surface area contributed by atoms with E-state index in [1.165, 1.54) is 12.1 Å². The SMILES string of the molecule is CC(C)(C)C(N)CC(=O)N(Cc1ccc(F)cc1)C1CC1. The lowest BCUT2D eigenvalue weighted by Crippen LogP contribution is -2.42. The van der Waals surface area contributed by atoms with E-state index < -0.39 is 0 Å². The van der Waals surface area contributed by atoms with Crippen LogP contribution >= 0.6 is 0 Å². The Morgan fingerprint density at radius 2 is 1.90 bits per heavy atom. The first-order valence-corrected chi connectivity index (χ1v) is 7.57. The zero-order valence-corrected chi connectivity index (χ0v) is 13.1. The minimum Gasteiger partial charge on any atom is -0.335 e. The fourth-order valence-electron chi connectivity index (χ4n) is 2.21. The van der Waals surface area contributed by atoms with Crippen molar-refractivity contribution in [3.8, 4) is 0 Å². The Kier molecular flexibility index (Phi) is 4.67. The second-order valence-corrected chi connectivity index (χ2v) is 7.06. The predicted molar refractivity (Wildman–Crippen MR) is 82.0 cm³/mol. The third-order valence-electron chi connectivity index (χ3n) is 4.08. The molecule has 1 aliphatic carbocycles. The lowest BCUT2D eigenvalue weighted by Gasteiger charge is -2.30. The number of amides is 1. The summed E-state index contributed by atoms with van der Waals surface area (Å²) in [6.07, 6.45) is 2.47. The van der Waals surface area contributed by atoms with Gasteiger partial charge in [0.2, 0.25) is 5.91 Å². The molecule has 1 atom stereocenters. The van der Waals surface area contributed by atoms with Crippen molar-refractivity contribution < 1.29 is 9.18 Å². The molecule has 4 heteroatoms. The Morgan fingerprint density at radius 3 is 2.38 bits per heavy atom. The Hall–Kier alpha value is -1.42. The van der Waals surface area contributed by atoms with Crippen LogP contribution in [0.5, 0.6) is 0 Å². The molecule has 3 nitrogen and oxygen atoms in total. The van der Waals surface area contributed by atoms with E-state index in [9.17, 15) is 9.18 Å². The summed E-state index contributed by atoms with van der Waals surface area (Å²) in [4.78, 5) is 14.4. The largest absolute Gasteiger partial charge is 0.335 e. The molecule has 116 valence electrons. The summed E-state index contributed by atoms with van der Waals surface area (Å²) >= 11 is 0. The third-order valence-corrected chi connectivity index (χ3v) is 4.08. The van der Waals surface area contributed by atoms with E-state index in [1.54, 1.807) is 12.1 Å². The zero-order chi connectivity index (χ0) is 15.6. The van der Waals surface area contributed by atoms with Crippen molar-refractivity contribution in [2.75, 3.05) is 0 Å². The number of hydrogen-bond donors (Lipinski definition) is 1. The fraction of sp³-hybridized carbons (Fsp3) is 0.588. The highest BCUT2D eigenvalue weighted by Crippen LogP contribution is 2.30. The van der Waals surface area contributed by atoms with Crippen LogP contribution in [0.15, 0.2) is 24.3 Å². The molecule has 0 spiro atoms. The van der Waals surface area contributed by atoms with Gasteiger partial charge in [0, 0.05) is 25.0 Å². The van der Waals surface area contributed by atoms with Crippen molar-refractivity contribution in [2.24, 2.45) is 11.1 Å². The molecule has 1 saturated carbocycles. The number of carbonyl (C=O) groups is 1. The van der Waals surface area contributed by atoms with Crippen LogP contribution in [0.4, 0.5) is 4.39 Å². The minimum absolute atomic E-state index is 0.0826. The van der Waals surface area contributed by atoms with Gasteiger partial charge >= 0.3 is 0 Å². The normalized spacial score (nSPS) is 16.6. The fourth-order valence-corrected chi connectivity index (χ4v) is 2.21. The van der Waals surface area contributed by atoms with Gasteiger partial charge in [-0.3, -0.25) is 4.79 Å². The second kappa shape index (κ2) is 6.14. The molecule has 21 heavy (non-hydrogen) atoms. The number of rotatable bonds is 5. The van der Waals surface area contributed by atoms with Gasteiger partial charge in [-0.15, -0.1) is 0 Å². The average Bonchev–Trinajstić information content (AvgIpc) is 3.21. The molecule has 2 rings (SSSR count). The molecular formula is C17H25FN2O. The number of benzene rings is 1. The molecule has 0 heterocycles. The molecule has 2 N–H and O–H groups in total. The summed E-state index contributed by atoms with van der Waals surface area (Å²) in [7, 11) is 0. The molecule has 1 aromatic carbocycles. The van der Waals surface area contributed by atoms with Gasteiger partial charge in [-0.1, -0.05) is 32.9 Å². The summed E-state index contributed by atoms with van der Waals surface area (Å²) < 4.78 is 13.0. The molecule has 1 aliphatic rings. The zero-order valence-electron chi connectivity index (χ0n) is 13.1. The molecule has 1 fully saturated rings. The van der Waals surface area contributed by atoms with E-state index in [1.807, 2.05) is 25.7 Å². The van der Waals surface area contributed by atoms with Crippen molar-refractivity contribution in [1.82, 2.24) is 4.90 Å². The molecule has 0 aliphatic heterocycles. The Bertz CT molecular complexity index is 489. The van der Waals surface area contributed by atoms with Gasteiger partial charge in [-0.05, 0) is 36.0 Å². The predicted octanol–water partition coefficient (Wildman–Crippen LogP) is 3.08. The van der Waals surface area contributed by atoms with Gasteiger partial charge in [-0.2, -0.15) is 0 Å². The van der Waals surface area contributed by atoms with Crippen LogP contribution < -0.4 is 5.73 Å². The van der Waals surface area contributed by atoms with E-state index >= 15 is 0 Å². The van der Waals surface area contributed by atoms with E-state index in [-0.39, 0.29) is 23.2 Å². The second-order valence-electron chi connectivity index (χ2n) is 7.06. The van der Waals surface area contributed by atoms with Crippen LogP contribution in [-0.4, -0.2) is 22.9 Å². The maximum absolute atomic E-state index is 13.0. The van der Waals surface area contributed by atoms with Gasteiger partial charge in [0.1, 0.15) is 5.82 Å². The first-order chi connectivity index (χ1) is 9.77. The first-order valence-electron chi connectivity index (χ1n) is 7.57. The van der Waals surface area contributed by atoms with Gasteiger partial charge in [0.15, 0.2) is 0 Å². The average molecular weight is 292 g/mol. The molecule has 0 radical (unpaired) electrons. The van der Waals surface area contributed by atoms with E-state index in [0.717, 1.165) is 18.4 Å². The standard InChI is InChI=1S/C17H25FN2O/c1-17(2,3)15(19)10-16(21)20(14-8-9-14)11-12-4-6-13(18)7-5-12/h4-7,14-15H,8-11,19H2,1-3H3. The van der Waals surface area contributed by atoms with Gasteiger partial charge in [0.25, 0.3) is 0 Å². The lowest BCUT2D eigenvalue weighted by molar-refractivity contribution is -0.133. The molecule has 1 amide bonds. The highest BCUT2D eigenvalue weighted by Gasteiger charge is 2.34. The molecule has 0 bridgehead atoms. The van der Waals surface area contributed by atoms with Crippen LogP contribution in [0.1, 0.15) is 45.6 Å². The highest BCUT2D eigenvalue weighted by molar-refractivity contribution is 5.77.